The van der Waals surface area contributed by atoms with Gasteiger partial charge in [-0.1, -0.05) is 25.1 Å². The average Bonchev–Trinajstić information content (AvgIpc) is 2.49. The van der Waals surface area contributed by atoms with Crippen molar-refractivity contribution in [3.8, 4) is 0 Å². The molecular formula is C11H15NO. The molecule has 1 aliphatic carbocycles. The highest BCUT2D eigenvalue weighted by atomic mass is 16.6. The highest BCUT2D eigenvalue weighted by Crippen LogP contribution is 2.32. The van der Waals surface area contributed by atoms with Crippen LogP contribution in [0.15, 0.2) is 18.2 Å². The minimum atomic E-state index is 0.514. The number of fused-ring (bicyclic) bond motifs is 1. The Morgan fingerprint density at radius 1 is 1.54 bits per heavy atom. The normalized spacial score (nSPS) is 20.3. The van der Waals surface area contributed by atoms with Crippen LogP contribution in [-0.2, 0) is 17.9 Å². The summed E-state index contributed by atoms with van der Waals surface area (Å²) in [5.41, 5.74) is 4.15. The summed E-state index contributed by atoms with van der Waals surface area (Å²) in [5.74, 6) is 5.74. The molecule has 1 unspecified atom stereocenters. The van der Waals surface area contributed by atoms with Crippen molar-refractivity contribution in [2.75, 3.05) is 0 Å². The lowest BCUT2D eigenvalue weighted by Gasteiger charge is -2.06. The maximum absolute atomic E-state index is 5.04. The Labute approximate surface area is 78.7 Å². The van der Waals surface area contributed by atoms with Gasteiger partial charge in [0.1, 0.15) is 0 Å². The first-order valence-electron chi connectivity index (χ1n) is 4.74. The molecule has 2 heteroatoms. The standard InChI is InChI=1S/C11H15NO/c1-8-2-4-10-5-3-9(7-13-12)6-11(8)10/h3,5-6,8H,2,4,7,12H2,1H3. The van der Waals surface area contributed by atoms with Gasteiger partial charge in [0, 0.05) is 0 Å². The number of hydrogen-bond donors (Lipinski definition) is 1. The van der Waals surface area contributed by atoms with Crippen molar-refractivity contribution >= 4 is 0 Å². The Morgan fingerprint density at radius 3 is 3.15 bits per heavy atom. The fourth-order valence-electron chi connectivity index (χ4n) is 2.04. The summed E-state index contributed by atoms with van der Waals surface area (Å²) in [6.07, 6.45) is 2.50. The lowest BCUT2D eigenvalue weighted by Crippen LogP contribution is -1.99. The monoisotopic (exact) mass is 177 g/mol. The molecule has 1 aromatic carbocycles. The van der Waals surface area contributed by atoms with Crippen molar-refractivity contribution in [3.05, 3.63) is 34.9 Å². The molecule has 0 heterocycles. The third kappa shape index (κ3) is 1.60. The van der Waals surface area contributed by atoms with Gasteiger partial charge in [-0.15, -0.1) is 0 Å². The molecule has 0 radical (unpaired) electrons. The van der Waals surface area contributed by atoms with Gasteiger partial charge in [-0.25, -0.2) is 5.90 Å². The van der Waals surface area contributed by atoms with Crippen LogP contribution < -0.4 is 5.90 Å². The number of aryl methyl sites for hydroxylation is 1. The molecule has 1 atom stereocenters. The van der Waals surface area contributed by atoms with Crippen molar-refractivity contribution in [1.29, 1.82) is 0 Å². The maximum atomic E-state index is 5.04. The molecule has 1 aromatic rings. The second-order valence-corrected chi connectivity index (χ2v) is 3.78. The third-order valence-electron chi connectivity index (χ3n) is 2.84. The SMILES string of the molecule is CC1CCc2ccc(CON)cc21. The Morgan fingerprint density at radius 2 is 2.38 bits per heavy atom. The average molecular weight is 177 g/mol. The summed E-state index contributed by atoms with van der Waals surface area (Å²) in [4.78, 5) is 4.62. The van der Waals surface area contributed by atoms with Crippen molar-refractivity contribution < 1.29 is 4.84 Å². The second kappa shape index (κ2) is 3.48. The molecule has 2 rings (SSSR count). The van der Waals surface area contributed by atoms with E-state index in [-0.39, 0.29) is 0 Å². The van der Waals surface area contributed by atoms with Crippen LogP contribution in [0, 0.1) is 0 Å². The molecule has 70 valence electrons. The first kappa shape index (κ1) is 8.73. The summed E-state index contributed by atoms with van der Waals surface area (Å²) < 4.78 is 0. The van der Waals surface area contributed by atoms with Crippen molar-refractivity contribution in [1.82, 2.24) is 0 Å². The van der Waals surface area contributed by atoms with Gasteiger partial charge in [-0.05, 0) is 35.4 Å². The predicted molar refractivity (Wildman–Crippen MR) is 52.2 cm³/mol. The molecule has 0 amide bonds. The molecular weight excluding hydrogens is 162 g/mol. The molecule has 0 saturated carbocycles. The molecule has 2 N–H and O–H groups in total. The van der Waals surface area contributed by atoms with Crippen LogP contribution in [-0.4, -0.2) is 0 Å². The lowest BCUT2D eigenvalue weighted by molar-refractivity contribution is 0.124. The predicted octanol–water partition coefficient (Wildman–Crippen LogP) is 2.13. The highest BCUT2D eigenvalue weighted by Gasteiger charge is 2.18. The summed E-state index contributed by atoms with van der Waals surface area (Å²) in [5, 5.41) is 0. The zero-order valence-electron chi connectivity index (χ0n) is 7.92. The van der Waals surface area contributed by atoms with Gasteiger partial charge >= 0.3 is 0 Å². The maximum Gasteiger partial charge on any atom is 0.0930 e. The molecule has 0 aliphatic heterocycles. The molecule has 0 saturated heterocycles. The topological polar surface area (TPSA) is 35.2 Å². The van der Waals surface area contributed by atoms with Crippen LogP contribution in [0.1, 0.15) is 36.0 Å². The van der Waals surface area contributed by atoms with E-state index in [0.29, 0.717) is 12.5 Å². The van der Waals surface area contributed by atoms with Gasteiger partial charge in [0.05, 0.1) is 6.61 Å². The van der Waals surface area contributed by atoms with E-state index in [9.17, 15) is 0 Å². The molecule has 0 aromatic heterocycles. The van der Waals surface area contributed by atoms with E-state index in [2.05, 4.69) is 30.0 Å². The van der Waals surface area contributed by atoms with Crippen LogP contribution in [0.25, 0.3) is 0 Å². The van der Waals surface area contributed by atoms with Crippen molar-refractivity contribution in [3.63, 3.8) is 0 Å². The zero-order chi connectivity index (χ0) is 9.26. The minimum Gasteiger partial charge on any atom is -0.300 e. The highest BCUT2D eigenvalue weighted by molar-refractivity contribution is 5.37. The molecule has 2 nitrogen and oxygen atoms in total. The van der Waals surface area contributed by atoms with Crippen molar-refractivity contribution in [2.45, 2.75) is 32.3 Å². The van der Waals surface area contributed by atoms with Gasteiger partial charge in [-0.2, -0.15) is 0 Å². The fourth-order valence-corrected chi connectivity index (χ4v) is 2.04. The van der Waals surface area contributed by atoms with Crippen molar-refractivity contribution in [2.24, 2.45) is 5.90 Å². The van der Waals surface area contributed by atoms with Crippen LogP contribution in [0.3, 0.4) is 0 Å². The van der Waals surface area contributed by atoms with Gasteiger partial charge in [0.2, 0.25) is 0 Å². The lowest BCUT2D eigenvalue weighted by atomic mass is 10.0. The third-order valence-corrected chi connectivity index (χ3v) is 2.84. The van der Waals surface area contributed by atoms with Gasteiger partial charge < -0.3 is 0 Å². The van der Waals surface area contributed by atoms with Crippen LogP contribution in [0.5, 0.6) is 0 Å². The Bertz CT molecular complexity index is 309. The van der Waals surface area contributed by atoms with Gasteiger partial charge in [0.15, 0.2) is 0 Å². The Hall–Kier alpha value is -0.860. The summed E-state index contributed by atoms with van der Waals surface area (Å²) in [6, 6.07) is 6.52. The van der Waals surface area contributed by atoms with E-state index in [0.717, 1.165) is 0 Å². The van der Waals surface area contributed by atoms with E-state index >= 15 is 0 Å². The Balaban J connectivity index is 2.31. The second-order valence-electron chi connectivity index (χ2n) is 3.78. The van der Waals surface area contributed by atoms with E-state index in [1.807, 2.05) is 0 Å². The quantitative estimate of drug-likeness (QED) is 0.702. The molecule has 13 heavy (non-hydrogen) atoms. The zero-order valence-corrected chi connectivity index (χ0v) is 7.92. The summed E-state index contributed by atoms with van der Waals surface area (Å²) >= 11 is 0. The summed E-state index contributed by atoms with van der Waals surface area (Å²) in [6.45, 7) is 2.79. The molecule has 0 spiro atoms. The fraction of sp³-hybridized carbons (Fsp3) is 0.455. The van der Waals surface area contributed by atoms with Gasteiger partial charge in [0.25, 0.3) is 0 Å². The van der Waals surface area contributed by atoms with E-state index in [1.54, 1.807) is 0 Å². The summed E-state index contributed by atoms with van der Waals surface area (Å²) in [7, 11) is 0. The van der Waals surface area contributed by atoms with E-state index in [1.165, 1.54) is 29.5 Å². The number of nitrogens with two attached hydrogens (primary N) is 1. The van der Waals surface area contributed by atoms with Crippen LogP contribution >= 0.6 is 0 Å². The first-order chi connectivity index (χ1) is 6.31. The molecule has 0 fully saturated rings. The molecule has 1 aliphatic rings. The first-order valence-corrected chi connectivity index (χ1v) is 4.74. The smallest absolute Gasteiger partial charge is 0.0930 e. The van der Waals surface area contributed by atoms with Crippen LogP contribution in [0.2, 0.25) is 0 Å². The van der Waals surface area contributed by atoms with Gasteiger partial charge in [-0.3, -0.25) is 4.84 Å². The number of hydrogen-bond acceptors (Lipinski definition) is 2. The van der Waals surface area contributed by atoms with Crippen LogP contribution in [0.4, 0.5) is 0 Å². The largest absolute Gasteiger partial charge is 0.300 e. The molecule has 0 bridgehead atoms. The Kier molecular flexibility index (Phi) is 2.34. The number of benzene rings is 1. The minimum absolute atomic E-state index is 0.514. The number of rotatable bonds is 2. The van der Waals surface area contributed by atoms with E-state index < -0.39 is 0 Å². The van der Waals surface area contributed by atoms with E-state index in [4.69, 9.17) is 5.90 Å².